The van der Waals surface area contributed by atoms with Gasteiger partial charge in [-0.15, -0.1) is 0 Å². The summed E-state index contributed by atoms with van der Waals surface area (Å²) in [6.45, 7) is 7.25. The third-order valence-electron chi connectivity index (χ3n) is 3.89. The second-order valence-corrected chi connectivity index (χ2v) is 7.30. The van der Waals surface area contributed by atoms with Gasteiger partial charge in [0, 0.05) is 13.0 Å². The number of nitrogens with zero attached hydrogens (tertiary/aromatic N) is 1. The first kappa shape index (κ1) is 21.7. The van der Waals surface area contributed by atoms with Crippen LogP contribution in [0.2, 0.25) is 0 Å². The van der Waals surface area contributed by atoms with Crippen LogP contribution in [0.3, 0.4) is 0 Å². The van der Waals surface area contributed by atoms with Gasteiger partial charge in [-0.2, -0.15) is 0 Å². The topological polar surface area (TPSA) is 119 Å². The number of amides is 3. The van der Waals surface area contributed by atoms with Crippen LogP contribution in [-0.4, -0.2) is 52.8 Å². The van der Waals surface area contributed by atoms with Crippen molar-refractivity contribution < 1.29 is 23.9 Å². The lowest BCUT2D eigenvalue weighted by atomic mass is 10.1. The van der Waals surface area contributed by atoms with Crippen molar-refractivity contribution in [3.05, 3.63) is 12.2 Å². The summed E-state index contributed by atoms with van der Waals surface area (Å²) in [5.41, 5.74) is 4.64. The van der Waals surface area contributed by atoms with E-state index in [1.807, 2.05) is 0 Å². The van der Waals surface area contributed by atoms with Gasteiger partial charge in [0.2, 0.25) is 11.8 Å². The predicted octanol–water partition coefficient (Wildman–Crippen LogP) is 1.28. The highest BCUT2D eigenvalue weighted by Gasteiger charge is 2.37. The Morgan fingerprint density at radius 1 is 1.31 bits per heavy atom. The lowest BCUT2D eigenvalue weighted by Gasteiger charge is -2.28. The number of rotatable bonds is 7. The molecule has 146 valence electrons. The number of allylic oxidation sites excluding steroid dienone is 2. The number of likely N-dealkylation sites (tertiary alicyclic amines) is 1. The van der Waals surface area contributed by atoms with Gasteiger partial charge in [-0.05, 0) is 53.0 Å². The zero-order valence-corrected chi connectivity index (χ0v) is 15.9. The highest BCUT2D eigenvalue weighted by atomic mass is 16.6. The van der Waals surface area contributed by atoms with Gasteiger partial charge in [-0.25, -0.2) is 4.79 Å². The molecule has 2 atom stereocenters. The number of alkyl carbamates (subject to hydrolysis) is 1. The van der Waals surface area contributed by atoms with Crippen LogP contribution < -0.4 is 11.1 Å². The van der Waals surface area contributed by atoms with Crippen LogP contribution in [0.25, 0.3) is 0 Å². The van der Waals surface area contributed by atoms with Crippen molar-refractivity contribution in [2.24, 2.45) is 5.73 Å². The molecule has 1 heterocycles. The number of ketones is 1. The maximum Gasteiger partial charge on any atom is 0.408 e. The van der Waals surface area contributed by atoms with Crippen molar-refractivity contribution in [1.29, 1.82) is 0 Å². The zero-order valence-electron chi connectivity index (χ0n) is 15.9. The third-order valence-corrected chi connectivity index (χ3v) is 3.89. The van der Waals surface area contributed by atoms with Crippen molar-refractivity contribution in [3.63, 3.8) is 0 Å². The van der Waals surface area contributed by atoms with E-state index in [0.717, 1.165) is 0 Å². The molecule has 3 amide bonds. The first-order valence-electron chi connectivity index (χ1n) is 8.80. The molecular formula is C18H29N3O5. The summed E-state index contributed by atoms with van der Waals surface area (Å²) in [5, 5.41) is 2.53. The van der Waals surface area contributed by atoms with Crippen LogP contribution in [0.1, 0.15) is 53.4 Å². The minimum absolute atomic E-state index is 0.0889. The van der Waals surface area contributed by atoms with Crippen LogP contribution >= 0.6 is 0 Å². The maximum atomic E-state index is 12.9. The molecule has 26 heavy (non-hydrogen) atoms. The number of carbonyl (C=O) groups excluding carboxylic acids is 4. The Bertz CT molecular complexity index is 580. The van der Waals surface area contributed by atoms with Gasteiger partial charge >= 0.3 is 6.09 Å². The summed E-state index contributed by atoms with van der Waals surface area (Å²) in [5.74, 6) is -1.15. The van der Waals surface area contributed by atoms with Gasteiger partial charge < -0.3 is 20.7 Å². The lowest BCUT2D eigenvalue weighted by molar-refractivity contribution is -0.139. The molecule has 0 aliphatic carbocycles. The molecule has 0 aromatic carbocycles. The molecule has 1 fully saturated rings. The second kappa shape index (κ2) is 9.35. The van der Waals surface area contributed by atoms with Gasteiger partial charge in [0.05, 0.1) is 0 Å². The number of carbonyl (C=O) groups is 4. The molecular weight excluding hydrogens is 338 g/mol. The van der Waals surface area contributed by atoms with E-state index >= 15 is 0 Å². The molecule has 0 radical (unpaired) electrons. The fourth-order valence-corrected chi connectivity index (χ4v) is 2.79. The lowest BCUT2D eigenvalue weighted by Crippen LogP contribution is -2.53. The largest absolute Gasteiger partial charge is 0.444 e. The van der Waals surface area contributed by atoms with Crippen molar-refractivity contribution in [1.82, 2.24) is 10.2 Å². The van der Waals surface area contributed by atoms with Crippen molar-refractivity contribution >= 4 is 23.7 Å². The van der Waals surface area contributed by atoms with E-state index < -0.39 is 35.6 Å². The number of ether oxygens (including phenoxy) is 1. The molecule has 8 heteroatoms. The molecule has 0 spiro atoms. The van der Waals surface area contributed by atoms with Crippen molar-refractivity contribution in [2.75, 3.05) is 6.54 Å². The summed E-state index contributed by atoms with van der Waals surface area (Å²) in [6, 6.07) is -1.64. The quantitative estimate of drug-likeness (QED) is 0.657. The number of hydrogen-bond acceptors (Lipinski definition) is 5. The van der Waals surface area contributed by atoms with Crippen LogP contribution in [0.5, 0.6) is 0 Å². The molecule has 1 saturated heterocycles. The second-order valence-electron chi connectivity index (χ2n) is 7.30. The smallest absolute Gasteiger partial charge is 0.408 e. The molecule has 8 nitrogen and oxygen atoms in total. The van der Waals surface area contributed by atoms with Gasteiger partial charge in [0.15, 0.2) is 5.78 Å². The van der Waals surface area contributed by atoms with Crippen LogP contribution in [0.4, 0.5) is 4.79 Å². The molecule has 0 bridgehead atoms. The third kappa shape index (κ3) is 6.85. The average molecular weight is 367 g/mol. The van der Waals surface area contributed by atoms with Crippen LogP contribution in [0.15, 0.2) is 12.2 Å². The first-order valence-corrected chi connectivity index (χ1v) is 8.80. The van der Waals surface area contributed by atoms with Crippen LogP contribution in [0, 0.1) is 0 Å². The number of nitrogens with two attached hydrogens (primary N) is 1. The van der Waals surface area contributed by atoms with Gasteiger partial charge in [0.1, 0.15) is 17.7 Å². The fourth-order valence-electron chi connectivity index (χ4n) is 2.79. The number of primary amides is 1. The summed E-state index contributed by atoms with van der Waals surface area (Å²) >= 11 is 0. The van der Waals surface area contributed by atoms with E-state index in [1.165, 1.54) is 11.0 Å². The Kier molecular flexibility index (Phi) is 7.79. The van der Waals surface area contributed by atoms with E-state index in [0.29, 0.717) is 19.4 Å². The zero-order chi connectivity index (χ0) is 19.9. The van der Waals surface area contributed by atoms with Gasteiger partial charge in [-0.3, -0.25) is 14.4 Å². The molecule has 1 rings (SSSR count). The average Bonchev–Trinajstić information content (AvgIpc) is 2.99. The highest BCUT2D eigenvalue weighted by molar-refractivity contribution is 5.93. The standard InChI is InChI=1S/C18H29N3O5/c1-5-7-12(22)9-10-13(20-17(25)26-18(2,3)4)16(24)21-11-6-8-14(21)15(19)23/h5,7,13-14H,6,8-11H2,1-4H3,(H2,19,23)(H,20,25)/b7-5+/t13-,14?/m0/s1. The first-order chi connectivity index (χ1) is 12.0. The van der Waals surface area contributed by atoms with E-state index in [9.17, 15) is 19.2 Å². The summed E-state index contributed by atoms with van der Waals surface area (Å²) in [4.78, 5) is 49.6. The number of hydrogen-bond donors (Lipinski definition) is 2. The van der Waals surface area contributed by atoms with Gasteiger partial charge in [-0.1, -0.05) is 6.08 Å². The minimum atomic E-state index is -0.959. The van der Waals surface area contributed by atoms with Crippen molar-refractivity contribution in [2.45, 2.75) is 71.1 Å². The Hall–Kier alpha value is -2.38. The molecule has 1 aliphatic rings. The SMILES string of the molecule is C/C=C/C(=O)CC[C@H](NC(=O)OC(C)(C)C)C(=O)N1CCCC1C(N)=O. The fraction of sp³-hybridized carbons (Fsp3) is 0.667. The molecule has 0 saturated carbocycles. The van der Waals surface area contributed by atoms with E-state index in [4.69, 9.17) is 10.5 Å². The minimum Gasteiger partial charge on any atom is -0.444 e. The Labute approximate surface area is 154 Å². The Morgan fingerprint density at radius 3 is 2.50 bits per heavy atom. The maximum absolute atomic E-state index is 12.9. The highest BCUT2D eigenvalue weighted by Crippen LogP contribution is 2.19. The predicted molar refractivity (Wildman–Crippen MR) is 96.1 cm³/mol. The number of nitrogens with one attached hydrogen (secondary N) is 1. The molecule has 3 N–H and O–H groups in total. The van der Waals surface area contributed by atoms with E-state index in [1.54, 1.807) is 33.8 Å². The summed E-state index contributed by atoms with van der Waals surface area (Å²) in [6.07, 6.45) is 3.65. The van der Waals surface area contributed by atoms with Crippen LogP contribution in [-0.2, 0) is 19.1 Å². The summed E-state index contributed by atoms with van der Waals surface area (Å²) in [7, 11) is 0. The molecule has 1 unspecified atom stereocenters. The van der Waals surface area contributed by atoms with E-state index in [-0.39, 0.29) is 18.6 Å². The van der Waals surface area contributed by atoms with Crippen molar-refractivity contribution in [3.8, 4) is 0 Å². The molecule has 0 aromatic rings. The normalized spacial score (nSPS) is 18.6. The molecule has 0 aromatic heterocycles. The summed E-state index contributed by atoms with van der Waals surface area (Å²) < 4.78 is 5.20. The Morgan fingerprint density at radius 2 is 1.96 bits per heavy atom. The van der Waals surface area contributed by atoms with E-state index in [2.05, 4.69) is 5.32 Å². The monoisotopic (exact) mass is 367 g/mol. The Balaban J connectivity index is 2.87. The van der Waals surface area contributed by atoms with Gasteiger partial charge in [0.25, 0.3) is 0 Å². The molecule has 1 aliphatic heterocycles.